The Hall–Kier alpha value is -1.16. The van der Waals surface area contributed by atoms with Crippen molar-refractivity contribution in [2.75, 3.05) is 19.6 Å². The maximum absolute atomic E-state index is 11.5. The Morgan fingerprint density at radius 3 is 1.91 bits per heavy atom. The molecule has 0 aliphatic carbocycles. The van der Waals surface area contributed by atoms with E-state index in [1.165, 1.54) is 109 Å². The number of rotatable bonds is 21. The van der Waals surface area contributed by atoms with Crippen LogP contribution in [0, 0.1) is 0 Å². The number of hydrogen-bond donors (Lipinski definition) is 1. The smallest absolute Gasteiger partial charge is 0.221 e. The predicted octanol–water partition coefficient (Wildman–Crippen LogP) is 7.93. The molecule has 0 bridgehead atoms. The van der Waals surface area contributed by atoms with Gasteiger partial charge in [0.25, 0.3) is 0 Å². The molecule has 0 spiro atoms. The molecule has 4 nitrogen and oxygen atoms in total. The molecule has 33 heavy (non-hydrogen) atoms. The van der Waals surface area contributed by atoms with Crippen LogP contribution in [0.25, 0.3) is 0 Å². The lowest BCUT2D eigenvalue weighted by Gasteiger charge is -2.39. The Bertz CT molecular complexity index is 557. The first-order valence-corrected chi connectivity index (χ1v) is 14.4. The number of carbonyl (C=O) groups is 1. The summed E-state index contributed by atoms with van der Waals surface area (Å²) in [7, 11) is 0. The number of amidine groups is 1. The number of unbranched alkanes of at least 4 members (excludes halogenated alkanes) is 14. The fraction of sp³-hybridized carbons (Fsp3) is 0.862. The average Bonchev–Trinajstić information content (AvgIpc) is 3.22. The molecule has 1 amide bonds. The van der Waals surface area contributed by atoms with Crippen LogP contribution in [-0.4, -0.2) is 42.0 Å². The molecule has 2 atom stereocenters. The molecule has 1 N–H and O–H groups in total. The van der Waals surface area contributed by atoms with Gasteiger partial charge in [0, 0.05) is 20.3 Å². The molecule has 0 saturated carbocycles. The van der Waals surface area contributed by atoms with Crippen molar-refractivity contribution in [1.82, 2.24) is 5.32 Å². The van der Waals surface area contributed by atoms with Crippen molar-refractivity contribution in [2.45, 2.75) is 143 Å². The third kappa shape index (κ3) is 12.8. The second-order valence-electron chi connectivity index (χ2n) is 10.1. The molecule has 1 aliphatic heterocycles. The number of quaternary nitrogens is 1. The highest BCUT2D eigenvalue weighted by atomic mass is 16.1. The number of allylic oxidation sites excluding steroid dienone is 2. The first-order chi connectivity index (χ1) is 16.1. The van der Waals surface area contributed by atoms with E-state index in [1.807, 2.05) is 0 Å². The highest BCUT2D eigenvalue weighted by molar-refractivity contribution is 5.78. The van der Waals surface area contributed by atoms with Crippen molar-refractivity contribution in [3.63, 3.8) is 0 Å². The molecular formula is C29H56N3O+. The van der Waals surface area contributed by atoms with Gasteiger partial charge in [-0.25, -0.2) is 4.99 Å². The summed E-state index contributed by atoms with van der Waals surface area (Å²) >= 11 is 0. The van der Waals surface area contributed by atoms with Gasteiger partial charge in [0.2, 0.25) is 5.91 Å². The van der Waals surface area contributed by atoms with Gasteiger partial charge in [-0.3, -0.25) is 9.28 Å². The molecular weight excluding hydrogens is 406 g/mol. The third-order valence-corrected chi connectivity index (χ3v) is 7.44. The van der Waals surface area contributed by atoms with E-state index in [0.29, 0.717) is 0 Å². The zero-order valence-corrected chi connectivity index (χ0v) is 22.7. The molecule has 0 saturated heterocycles. The van der Waals surface area contributed by atoms with Crippen LogP contribution < -0.4 is 5.32 Å². The summed E-state index contributed by atoms with van der Waals surface area (Å²) in [6, 6.07) is 0. The molecule has 0 aromatic carbocycles. The van der Waals surface area contributed by atoms with Gasteiger partial charge < -0.3 is 5.32 Å². The lowest BCUT2D eigenvalue weighted by Crippen LogP contribution is -2.62. The maximum Gasteiger partial charge on any atom is 0.221 e. The van der Waals surface area contributed by atoms with Gasteiger partial charge in [0.1, 0.15) is 6.54 Å². The van der Waals surface area contributed by atoms with E-state index in [1.54, 1.807) is 6.92 Å². The van der Waals surface area contributed by atoms with Gasteiger partial charge >= 0.3 is 0 Å². The molecule has 0 aromatic rings. The number of carbonyl (C=O) groups excluding carboxylic acids is 1. The molecule has 1 rings (SSSR count). The highest BCUT2D eigenvalue weighted by Crippen LogP contribution is 2.23. The summed E-state index contributed by atoms with van der Waals surface area (Å²) in [5.74, 6) is 1.37. The van der Waals surface area contributed by atoms with Crippen LogP contribution in [0.15, 0.2) is 17.1 Å². The van der Waals surface area contributed by atoms with Gasteiger partial charge in [0.15, 0.2) is 12.0 Å². The highest BCUT2D eigenvalue weighted by Gasteiger charge is 2.41. The minimum absolute atomic E-state index is 0.0602. The standard InChI is InChI=1S/C29H55N3O/c1-5-7-8-9-10-11-12-13-14-15-16-17-18-19-20-21-22-23-24-29-30-25-26-32(29,6-2)27(3)31-28(4)33/h10-11,27H,5-9,12-26H2,1-4H3/p+1/b11-10+. The lowest BCUT2D eigenvalue weighted by molar-refractivity contribution is -0.861. The van der Waals surface area contributed by atoms with Crippen molar-refractivity contribution in [3.8, 4) is 0 Å². The van der Waals surface area contributed by atoms with E-state index in [2.05, 4.69) is 38.2 Å². The fourth-order valence-electron chi connectivity index (χ4n) is 5.26. The molecule has 1 heterocycles. The number of amides is 1. The van der Waals surface area contributed by atoms with Crippen molar-refractivity contribution in [1.29, 1.82) is 0 Å². The maximum atomic E-state index is 11.5. The first kappa shape index (κ1) is 29.9. The van der Waals surface area contributed by atoms with Crippen LogP contribution in [0.2, 0.25) is 0 Å². The van der Waals surface area contributed by atoms with Crippen molar-refractivity contribution in [3.05, 3.63) is 12.2 Å². The van der Waals surface area contributed by atoms with Gasteiger partial charge in [-0.05, 0) is 39.0 Å². The molecule has 1 aliphatic rings. The quantitative estimate of drug-likeness (QED) is 0.105. The number of likely N-dealkylation sites (N-methyl/N-ethyl adjacent to an activating group) is 1. The summed E-state index contributed by atoms with van der Waals surface area (Å²) < 4.78 is 0.856. The summed E-state index contributed by atoms with van der Waals surface area (Å²) in [5, 5.41) is 3.12. The largest absolute Gasteiger partial charge is 0.307 e. The summed E-state index contributed by atoms with van der Waals surface area (Å²) in [6.45, 7) is 11.2. The monoisotopic (exact) mass is 462 g/mol. The van der Waals surface area contributed by atoms with Crippen molar-refractivity contribution in [2.24, 2.45) is 4.99 Å². The summed E-state index contributed by atoms with van der Waals surface area (Å²) in [4.78, 5) is 16.4. The van der Waals surface area contributed by atoms with Gasteiger partial charge in [-0.2, -0.15) is 0 Å². The predicted molar refractivity (Wildman–Crippen MR) is 145 cm³/mol. The van der Waals surface area contributed by atoms with Crippen molar-refractivity contribution >= 4 is 11.7 Å². The second kappa shape index (κ2) is 19.2. The second-order valence-corrected chi connectivity index (χ2v) is 10.1. The fourth-order valence-corrected chi connectivity index (χ4v) is 5.26. The van der Waals surface area contributed by atoms with E-state index in [9.17, 15) is 4.79 Å². The number of aliphatic imine (C=N–C) groups is 1. The molecule has 0 aromatic heterocycles. The van der Waals surface area contributed by atoms with Crippen LogP contribution in [0.5, 0.6) is 0 Å². The Morgan fingerprint density at radius 1 is 0.879 bits per heavy atom. The molecule has 4 heteroatoms. The van der Waals surface area contributed by atoms with Crippen molar-refractivity contribution < 1.29 is 9.28 Å². The number of hydrogen-bond acceptors (Lipinski definition) is 2. The minimum Gasteiger partial charge on any atom is -0.307 e. The van der Waals surface area contributed by atoms with Crippen LogP contribution in [0.4, 0.5) is 0 Å². The van der Waals surface area contributed by atoms with E-state index in [4.69, 9.17) is 4.99 Å². The Morgan fingerprint density at radius 2 is 1.39 bits per heavy atom. The SMILES string of the molecule is CCCCC/C=C/CCCCCCCCCCCCCC1=NCC[N+]1(CC)C(C)NC(C)=O. The molecule has 0 radical (unpaired) electrons. The van der Waals surface area contributed by atoms with E-state index < -0.39 is 0 Å². The minimum atomic E-state index is 0.0602. The number of nitrogens with one attached hydrogen (secondary N) is 1. The van der Waals surface area contributed by atoms with Gasteiger partial charge in [-0.1, -0.05) is 89.7 Å². The van der Waals surface area contributed by atoms with Crippen LogP contribution in [0.1, 0.15) is 137 Å². The number of nitrogens with zero attached hydrogens (tertiary/aromatic N) is 2. The van der Waals surface area contributed by atoms with Crippen LogP contribution in [-0.2, 0) is 4.79 Å². The summed E-state index contributed by atoms with van der Waals surface area (Å²) in [5.41, 5.74) is 0. The zero-order valence-electron chi connectivity index (χ0n) is 22.7. The normalized spacial score (nSPS) is 19.2. The average molecular weight is 463 g/mol. The zero-order chi connectivity index (χ0) is 24.2. The lowest BCUT2D eigenvalue weighted by atomic mass is 10.0. The molecule has 0 fully saturated rings. The Kier molecular flexibility index (Phi) is 17.4. The topological polar surface area (TPSA) is 41.5 Å². The Labute approximate surface area is 206 Å². The van der Waals surface area contributed by atoms with Gasteiger partial charge in [0.05, 0.1) is 13.1 Å². The van der Waals surface area contributed by atoms with E-state index >= 15 is 0 Å². The van der Waals surface area contributed by atoms with E-state index in [0.717, 1.165) is 30.5 Å². The summed E-state index contributed by atoms with van der Waals surface area (Å²) in [6.07, 6.45) is 27.7. The van der Waals surface area contributed by atoms with Gasteiger partial charge in [-0.15, -0.1) is 0 Å². The first-order valence-electron chi connectivity index (χ1n) is 14.4. The third-order valence-electron chi connectivity index (χ3n) is 7.44. The van der Waals surface area contributed by atoms with Crippen LogP contribution >= 0.6 is 0 Å². The Balaban J connectivity index is 1.97. The van der Waals surface area contributed by atoms with E-state index in [-0.39, 0.29) is 12.1 Å². The van der Waals surface area contributed by atoms with Crippen LogP contribution in [0.3, 0.4) is 0 Å². The molecule has 192 valence electrons. The molecule has 2 unspecified atom stereocenters.